The number of benzene rings is 4. The SMILES string of the molecule is C=CC/C(=c1/ccc(=O)[nH]/c1=C(/C)O)[C@@H](O)CNCCc1ccc(CNC(=O)Cc2ccc(N(C)C(=O)CCN3CCC(OC(=O)Nc4ccccc4-c4ccccc4)CC3)cc2)cc1. The summed E-state index contributed by atoms with van der Waals surface area (Å²) in [5.41, 5.74) is 6.61. The largest absolute Gasteiger partial charge is 0.510 e. The molecule has 4 aromatic carbocycles. The Kier molecular flexibility index (Phi) is 17.4. The molecule has 65 heavy (non-hydrogen) atoms. The van der Waals surface area contributed by atoms with Crippen LogP contribution in [0.15, 0.2) is 133 Å². The van der Waals surface area contributed by atoms with Gasteiger partial charge >= 0.3 is 6.09 Å². The Balaban J connectivity index is 0.861. The number of aliphatic hydroxyl groups is 2. The van der Waals surface area contributed by atoms with Gasteiger partial charge in [-0.25, -0.2) is 4.79 Å². The molecule has 6 N–H and O–H groups in total. The summed E-state index contributed by atoms with van der Waals surface area (Å²) in [5, 5.41) is 31.2. The molecule has 0 unspecified atom stereocenters. The first kappa shape index (κ1) is 47.7. The van der Waals surface area contributed by atoms with Crippen molar-refractivity contribution in [3.63, 3.8) is 0 Å². The van der Waals surface area contributed by atoms with Gasteiger partial charge in [-0.15, -0.1) is 6.58 Å². The zero-order chi connectivity index (χ0) is 46.1. The van der Waals surface area contributed by atoms with Crippen molar-refractivity contribution in [3.05, 3.63) is 166 Å². The van der Waals surface area contributed by atoms with Gasteiger partial charge in [-0.3, -0.25) is 19.7 Å². The topological polar surface area (TPSA) is 176 Å². The van der Waals surface area contributed by atoms with Crippen LogP contribution < -0.4 is 37.0 Å². The number of aromatic amines is 1. The molecule has 0 spiro atoms. The number of H-pyrrole nitrogens is 1. The van der Waals surface area contributed by atoms with Gasteiger partial charge in [0.25, 0.3) is 0 Å². The molecule has 1 aliphatic heterocycles. The molecule has 340 valence electrons. The van der Waals surface area contributed by atoms with Gasteiger partial charge in [-0.05, 0) is 91.2 Å². The fourth-order valence-electron chi connectivity index (χ4n) is 7.88. The highest BCUT2D eigenvalue weighted by Crippen LogP contribution is 2.28. The number of nitrogens with one attached hydrogen (secondary N) is 4. The molecular formula is C52H60N6O7. The lowest BCUT2D eigenvalue weighted by Crippen LogP contribution is -2.40. The lowest BCUT2D eigenvalue weighted by atomic mass is 10.0. The summed E-state index contributed by atoms with van der Waals surface area (Å²) in [6.45, 7) is 8.65. The first-order valence-corrected chi connectivity index (χ1v) is 22.1. The predicted octanol–water partition coefficient (Wildman–Crippen LogP) is 5.57. The van der Waals surface area contributed by atoms with E-state index in [4.69, 9.17) is 4.74 Å². The van der Waals surface area contributed by atoms with Crippen LogP contribution in [-0.4, -0.2) is 90.0 Å². The van der Waals surface area contributed by atoms with Crippen LogP contribution in [0.1, 0.15) is 49.3 Å². The minimum absolute atomic E-state index is 0.00545. The van der Waals surface area contributed by atoms with Gasteiger partial charge in [0.1, 0.15) is 11.9 Å². The Morgan fingerprint density at radius 2 is 1.58 bits per heavy atom. The number of carbonyl (C=O) groups excluding carboxylic acids is 3. The summed E-state index contributed by atoms with van der Waals surface area (Å²) in [6, 6.07) is 36.0. The minimum Gasteiger partial charge on any atom is -0.510 e. The van der Waals surface area contributed by atoms with Gasteiger partial charge in [-0.1, -0.05) is 91.0 Å². The highest BCUT2D eigenvalue weighted by Gasteiger charge is 2.24. The molecule has 1 saturated heterocycles. The molecule has 0 radical (unpaired) electrons. The fourth-order valence-corrected chi connectivity index (χ4v) is 7.88. The number of piperidine rings is 1. The van der Waals surface area contributed by atoms with E-state index in [1.807, 2.05) is 103 Å². The molecule has 3 amide bonds. The third-order valence-electron chi connectivity index (χ3n) is 11.6. The number of aromatic nitrogens is 1. The number of aliphatic hydroxyl groups excluding tert-OH is 2. The highest BCUT2D eigenvalue weighted by molar-refractivity contribution is 5.93. The maximum Gasteiger partial charge on any atom is 0.411 e. The van der Waals surface area contributed by atoms with Crippen LogP contribution in [-0.2, 0) is 33.7 Å². The van der Waals surface area contributed by atoms with Crippen LogP contribution in [0.25, 0.3) is 22.5 Å². The van der Waals surface area contributed by atoms with E-state index in [2.05, 4.69) is 32.4 Å². The van der Waals surface area contributed by atoms with Crippen molar-refractivity contribution >= 4 is 40.6 Å². The number of likely N-dealkylation sites (tertiary alicyclic amines) is 1. The van der Waals surface area contributed by atoms with Gasteiger partial charge in [0.2, 0.25) is 17.4 Å². The number of allylic oxidation sites excluding steroid dienone is 1. The van der Waals surface area contributed by atoms with Crippen molar-refractivity contribution in [2.45, 2.75) is 64.2 Å². The van der Waals surface area contributed by atoms with Gasteiger partial charge in [0.05, 0.1) is 23.6 Å². The van der Waals surface area contributed by atoms with Crippen molar-refractivity contribution in [1.82, 2.24) is 20.5 Å². The highest BCUT2D eigenvalue weighted by atomic mass is 16.6. The Morgan fingerprint density at radius 3 is 2.29 bits per heavy atom. The molecule has 0 saturated carbocycles. The van der Waals surface area contributed by atoms with Gasteiger partial charge in [0.15, 0.2) is 0 Å². The molecule has 0 aliphatic carbocycles. The predicted molar refractivity (Wildman–Crippen MR) is 257 cm³/mol. The number of hydrogen-bond donors (Lipinski definition) is 6. The maximum absolute atomic E-state index is 13.1. The van der Waals surface area contributed by atoms with E-state index in [0.29, 0.717) is 61.8 Å². The molecule has 1 aromatic heterocycles. The summed E-state index contributed by atoms with van der Waals surface area (Å²) in [4.78, 5) is 57.1. The van der Waals surface area contributed by atoms with E-state index in [1.54, 1.807) is 24.1 Å². The number of hydrogen-bond acceptors (Lipinski definition) is 9. The van der Waals surface area contributed by atoms with Gasteiger partial charge in [0, 0.05) is 68.7 Å². The zero-order valence-corrected chi connectivity index (χ0v) is 37.2. The summed E-state index contributed by atoms with van der Waals surface area (Å²) >= 11 is 0. The maximum atomic E-state index is 13.1. The van der Waals surface area contributed by atoms with Crippen LogP contribution in [0, 0.1) is 0 Å². The Labute approximate surface area is 380 Å². The van der Waals surface area contributed by atoms with Crippen LogP contribution >= 0.6 is 0 Å². The molecule has 1 atom stereocenters. The minimum atomic E-state index is -0.856. The second kappa shape index (κ2) is 23.8. The summed E-state index contributed by atoms with van der Waals surface area (Å²) in [5.74, 6) is -0.150. The quantitative estimate of drug-likeness (QED) is 0.0458. The van der Waals surface area contributed by atoms with E-state index in [9.17, 15) is 29.4 Å². The number of nitrogens with zero attached hydrogens (tertiary/aromatic N) is 2. The Bertz CT molecular complexity index is 2570. The van der Waals surface area contributed by atoms with E-state index in [0.717, 1.165) is 53.0 Å². The summed E-state index contributed by atoms with van der Waals surface area (Å²) in [7, 11) is 1.76. The van der Waals surface area contributed by atoms with Crippen molar-refractivity contribution in [1.29, 1.82) is 0 Å². The van der Waals surface area contributed by atoms with Crippen molar-refractivity contribution < 1.29 is 29.3 Å². The fraction of sp³-hybridized carbons (Fsp3) is 0.308. The number of para-hydroxylation sites is 1. The lowest BCUT2D eigenvalue weighted by molar-refractivity contribution is -0.120. The second-order valence-electron chi connectivity index (χ2n) is 16.3. The molecule has 6 rings (SSSR count). The smallest absolute Gasteiger partial charge is 0.411 e. The van der Waals surface area contributed by atoms with Crippen LogP contribution in [0.5, 0.6) is 0 Å². The molecule has 0 bridgehead atoms. The number of ether oxygens (including phenoxy) is 1. The zero-order valence-electron chi connectivity index (χ0n) is 37.2. The van der Waals surface area contributed by atoms with E-state index in [1.165, 1.54) is 13.0 Å². The molecular weight excluding hydrogens is 821 g/mol. The number of anilines is 2. The Hall–Kier alpha value is -6.80. The van der Waals surface area contributed by atoms with Crippen molar-refractivity contribution in [3.8, 4) is 11.1 Å². The molecule has 1 fully saturated rings. The van der Waals surface area contributed by atoms with E-state index in [-0.39, 0.29) is 47.6 Å². The molecule has 2 heterocycles. The molecule has 13 heteroatoms. The second-order valence-corrected chi connectivity index (χ2v) is 16.3. The van der Waals surface area contributed by atoms with E-state index < -0.39 is 12.2 Å². The number of carbonyl (C=O) groups is 3. The van der Waals surface area contributed by atoms with Crippen molar-refractivity contribution in [2.24, 2.45) is 0 Å². The van der Waals surface area contributed by atoms with Gasteiger partial charge < -0.3 is 40.4 Å². The average molecular weight is 881 g/mol. The monoisotopic (exact) mass is 880 g/mol. The average Bonchev–Trinajstić information content (AvgIpc) is 3.32. The lowest BCUT2D eigenvalue weighted by Gasteiger charge is -2.31. The first-order chi connectivity index (χ1) is 31.5. The third-order valence-corrected chi connectivity index (χ3v) is 11.6. The summed E-state index contributed by atoms with van der Waals surface area (Å²) in [6.07, 6.45) is 3.23. The van der Waals surface area contributed by atoms with Crippen LogP contribution in [0.3, 0.4) is 0 Å². The third kappa shape index (κ3) is 14.1. The number of pyridine rings is 1. The first-order valence-electron chi connectivity index (χ1n) is 22.1. The summed E-state index contributed by atoms with van der Waals surface area (Å²) < 4.78 is 5.78. The normalized spacial score (nSPS) is 14.4. The molecule has 13 nitrogen and oxygen atoms in total. The Morgan fingerprint density at radius 1 is 0.908 bits per heavy atom. The number of amides is 3. The van der Waals surface area contributed by atoms with Crippen LogP contribution in [0.4, 0.5) is 16.2 Å². The molecule has 1 aliphatic rings. The van der Waals surface area contributed by atoms with Crippen LogP contribution in [0.2, 0.25) is 0 Å². The standard InChI is InChI=1S/C52H60N6O7/c1-4-10-44(45-23-24-48(61)56-51(45)36(2)59)47(60)35-53-29-25-37-15-17-39(18-16-37)34-54-49(62)33-38-19-21-41(22-20-38)57(3)50(63)28-32-58-30-26-42(27-31-58)65-52(64)55-46-14-9-8-13-43(46)40-11-6-5-7-12-40/h4-9,11-24,42,47,53,59-60H,1,10,25-35H2,2-3H3,(H,54,62)(H,55,64)(H,56,61)/b45-44+,51-36-/t47-/m0/s1. The van der Waals surface area contributed by atoms with E-state index >= 15 is 0 Å². The van der Waals surface area contributed by atoms with Gasteiger partial charge in [-0.2, -0.15) is 0 Å². The molecule has 5 aromatic rings. The van der Waals surface area contributed by atoms with Crippen molar-refractivity contribution in [2.75, 3.05) is 50.0 Å². The number of rotatable bonds is 19.